The topological polar surface area (TPSA) is 8.72 Å². The number of rotatable bonds is 0. The summed E-state index contributed by atoms with van der Waals surface area (Å²) in [6.45, 7) is 24.3. The fourth-order valence-electron chi connectivity index (χ4n) is 1.19. The second-order valence-electron chi connectivity index (χ2n) is 7.55. The Morgan fingerprint density at radius 2 is 0.815 bits per heavy atom. The molecule has 2 rings (SSSR count). The van der Waals surface area contributed by atoms with Crippen molar-refractivity contribution in [2.45, 2.75) is 52.6 Å². The van der Waals surface area contributed by atoms with Gasteiger partial charge in [0.25, 0.3) is 0 Å². The molecule has 2 nitrogen and oxygen atoms in total. The monoisotopic (exact) mass is 402 g/mol. The molecule has 0 amide bonds. The molecule has 0 aromatic heterocycles. The fraction of sp³-hybridized carbons (Fsp3) is 0.333. The van der Waals surface area contributed by atoms with Crippen molar-refractivity contribution >= 4 is 0 Å². The van der Waals surface area contributed by atoms with E-state index in [9.17, 15) is 0 Å². The van der Waals surface area contributed by atoms with E-state index in [4.69, 9.17) is 13.1 Å². The summed E-state index contributed by atoms with van der Waals surface area (Å²) in [6.07, 6.45) is 0. The van der Waals surface area contributed by atoms with E-state index < -0.39 is 0 Å². The zero-order valence-corrected chi connectivity index (χ0v) is 18.0. The second kappa shape index (κ2) is 13.6. The Kier molecular flexibility index (Phi) is 13.5. The van der Waals surface area contributed by atoms with Gasteiger partial charge in [-0.25, -0.2) is 13.1 Å². The summed E-state index contributed by atoms with van der Waals surface area (Å²) in [5, 5.41) is 0. The molecule has 0 saturated carbocycles. The number of benzene rings is 2. The van der Waals surface area contributed by atoms with Crippen molar-refractivity contribution in [2.75, 3.05) is 0 Å². The quantitative estimate of drug-likeness (QED) is 0.270. The Balaban J connectivity index is 0. The molecule has 144 valence electrons. The molecule has 3 heteroatoms. The first-order valence-corrected chi connectivity index (χ1v) is 8.47. The number of nitrogens with zero attached hydrogens (tertiary/aromatic N) is 2. The van der Waals surface area contributed by atoms with Crippen molar-refractivity contribution in [3.05, 3.63) is 94.6 Å². The fourth-order valence-corrected chi connectivity index (χ4v) is 1.19. The molecule has 0 spiro atoms. The predicted octanol–water partition coefficient (Wildman–Crippen LogP) is 6.49. The van der Waals surface area contributed by atoms with Gasteiger partial charge in [-0.15, -0.1) is 0 Å². The van der Waals surface area contributed by atoms with Gasteiger partial charge in [-0.2, -0.15) is 0 Å². The summed E-state index contributed by atoms with van der Waals surface area (Å²) >= 11 is 0. The van der Waals surface area contributed by atoms with E-state index >= 15 is 0 Å². The average molecular weight is 403 g/mol. The molecule has 0 saturated heterocycles. The molecule has 0 unspecified atom stereocenters. The molecule has 0 atom stereocenters. The maximum Gasteiger partial charge on any atom is 0.224 e. The molecule has 0 N–H and O–H groups in total. The van der Waals surface area contributed by atoms with Crippen molar-refractivity contribution in [3.63, 3.8) is 0 Å². The smallest absolute Gasteiger partial charge is 0.224 e. The molecule has 0 fully saturated rings. The van der Waals surface area contributed by atoms with E-state index in [1.54, 1.807) is 0 Å². The molecular formula is C24H28N2Ni. The van der Waals surface area contributed by atoms with E-state index in [2.05, 4.69) is 21.5 Å². The van der Waals surface area contributed by atoms with Crippen LogP contribution in [0.1, 0.15) is 52.7 Å². The maximum absolute atomic E-state index is 6.48. The van der Waals surface area contributed by atoms with Crippen LogP contribution in [0.4, 0.5) is 0 Å². The SMILES string of the molecule is C(#Cc1ccccc1)c1ccccc1.[C-]#[N+]C(C)(C)C.[C-]#[N+]C(C)(C)C.[Ni]. The summed E-state index contributed by atoms with van der Waals surface area (Å²) < 4.78 is 0. The van der Waals surface area contributed by atoms with Crippen molar-refractivity contribution in [3.8, 4) is 11.8 Å². The van der Waals surface area contributed by atoms with Crippen LogP contribution in [0.2, 0.25) is 0 Å². The van der Waals surface area contributed by atoms with Crippen LogP contribution in [0.3, 0.4) is 0 Å². The molecule has 0 aliphatic heterocycles. The van der Waals surface area contributed by atoms with Gasteiger partial charge in [0.05, 0.1) is 0 Å². The van der Waals surface area contributed by atoms with E-state index in [-0.39, 0.29) is 27.6 Å². The van der Waals surface area contributed by atoms with Crippen LogP contribution in [-0.4, -0.2) is 11.1 Å². The zero-order chi connectivity index (χ0) is 20.1. The van der Waals surface area contributed by atoms with Crippen LogP contribution < -0.4 is 0 Å². The maximum atomic E-state index is 6.48. The molecule has 0 aliphatic rings. The minimum Gasteiger partial charge on any atom is -0.311 e. The molecule has 0 aliphatic carbocycles. The summed E-state index contributed by atoms with van der Waals surface area (Å²) in [6, 6.07) is 20.0. The standard InChI is InChI=1S/C14H10.2C5H9N.Ni/c1-3-7-13(8-4-1)11-12-14-9-5-2-6-10-14;2*1-5(2,3)6-4;/h1-10H;2*1-3H3;. The van der Waals surface area contributed by atoms with Gasteiger partial charge in [-0.05, 0) is 24.3 Å². The summed E-state index contributed by atoms with van der Waals surface area (Å²) in [7, 11) is 0. The molecule has 0 heterocycles. The molecule has 0 bridgehead atoms. The number of hydrogen-bond acceptors (Lipinski definition) is 0. The van der Waals surface area contributed by atoms with Crippen LogP contribution in [0.5, 0.6) is 0 Å². The summed E-state index contributed by atoms with van der Waals surface area (Å²) in [4.78, 5) is 6.54. The Labute approximate surface area is 175 Å². The van der Waals surface area contributed by atoms with E-state index in [0.29, 0.717) is 0 Å². The normalized spacial score (nSPS) is 9.19. The molecule has 0 radical (unpaired) electrons. The van der Waals surface area contributed by atoms with Crippen LogP contribution in [0, 0.1) is 25.0 Å². The first-order valence-electron chi connectivity index (χ1n) is 8.47. The third-order valence-electron chi connectivity index (χ3n) is 2.57. The summed E-state index contributed by atoms with van der Waals surface area (Å²) in [5.41, 5.74) is 1.77. The van der Waals surface area contributed by atoms with Crippen molar-refractivity contribution in [1.82, 2.24) is 0 Å². The first-order chi connectivity index (χ1) is 12.1. The van der Waals surface area contributed by atoms with Gasteiger partial charge in [0, 0.05) is 69.2 Å². The van der Waals surface area contributed by atoms with Gasteiger partial charge in [-0.1, -0.05) is 48.2 Å². The Hall–Kier alpha value is -2.53. The molecular weight excluding hydrogens is 375 g/mol. The minimum atomic E-state index is -0.167. The van der Waals surface area contributed by atoms with Gasteiger partial charge in [-0.3, -0.25) is 0 Å². The van der Waals surface area contributed by atoms with Crippen molar-refractivity contribution in [1.29, 1.82) is 0 Å². The van der Waals surface area contributed by atoms with Gasteiger partial charge >= 0.3 is 0 Å². The van der Waals surface area contributed by atoms with Crippen LogP contribution in [-0.2, 0) is 16.5 Å². The summed E-state index contributed by atoms with van der Waals surface area (Å²) in [5.74, 6) is 6.22. The van der Waals surface area contributed by atoms with Crippen molar-refractivity contribution in [2.24, 2.45) is 0 Å². The largest absolute Gasteiger partial charge is 0.311 e. The minimum absolute atomic E-state index is 0. The Morgan fingerprint density at radius 3 is 1.00 bits per heavy atom. The van der Waals surface area contributed by atoms with Gasteiger partial charge in [0.2, 0.25) is 11.1 Å². The number of hydrogen-bond donors (Lipinski definition) is 0. The molecule has 2 aromatic rings. The Morgan fingerprint density at radius 1 is 0.593 bits per heavy atom. The van der Waals surface area contributed by atoms with Crippen molar-refractivity contribution < 1.29 is 16.5 Å². The Bertz CT molecular complexity index is 705. The zero-order valence-electron chi connectivity index (χ0n) is 17.0. The van der Waals surface area contributed by atoms with E-state index in [0.717, 1.165) is 11.1 Å². The first kappa shape index (κ1) is 26.7. The van der Waals surface area contributed by atoms with Gasteiger partial charge in [0.15, 0.2) is 0 Å². The molecule has 2 aromatic carbocycles. The molecule has 27 heavy (non-hydrogen) atoms. The van der Waals surface area contributed by atoms with Crippen LogP contribution >= 0.6 is 0 Å². The van der Waals surface area contributed by atoms with E-state index in [1.165, 1.54) is 0 Å². The van der Waals surface area contributed by atoms with Gasteiger partial charge < -0.3 is 9.69 Å². The average Bonchev–Trinajstić information content (AvgIpc) is 2.62. The predicted molar refractivity (Wildman–Crippen MR) is 112 cm³/mol. The third-order valence-corrected chi connectivity index (χ3v) is 2.57. The van der Waals surface area contributed by atoms with Crippen LogP contribution in [0.25, 0.3) is 9.69 Å². The third kappa shape index (κ3) is 18.1. The van der Waals surface area contributed by atoms with Gasteiger partial charge in [0.1, 0.15) is 0 Å². The second-order valence-corrected chi connectivity index (χ2v) is 7.55. The van der Waals surface area contributed by atoms with E-state index in [1.807, 2.05) is 102 Å². The van der Waals surface area contributed by atoms with Crippen LogP contribution in [0.15, 0.2) is 60.7 Å².